The standard InChI is InChI=1S/C12H16N2O/c1-3-4-8-14(15)12-7-5-6-11(9-13)10(12)2/h5-7,15H,3-4,8H2,1-2H3. The van der Waals surface area contributed by atoms with Gasteiger partial charge in [0.25, 0.3) is 0 Å². The summed E-state index contributed by atoms with van der Waals surface area (Å²) in [6.45, 7) is 4.53. The normalized spacial score (nSPS) is 9.73. The number of nitriles is 1. The maximum absolute atomic E-state index is 9.78. The van der Waals surface area contributed by atoms with Crippen LogP contribution < -0.4 is 5.06 Å². The van der Waals surface area contributed by atoms with Crippen molar-refractivity contribution in [1.82, 2.24) is 0 Å². The fraction of sp³-hybridized carbons (Fsp3) is 0.417. The van der Waals surface area contributed by atoms with Crippen LogP contribution in [0.2, 0.25) is 0 Å². The molecule has 0 bridgehead atoms. The van der Waals surface area contributed by atoms with Gasteiger partial charge in [0, 0.05) is 6.54 Å². The molecule has 3 nitrogen and oxygen atoms in total. The quantitative estimate of drug-likeness (QED) is 0.767. The Balaban J connectivity index is 2.90. The van der Waals surface area contributed by atoms with Crippen LogP contribution in [0.1, 0.15) is 30.9 Å². The Morgan fingerprint density at radius 2 is 2.20 bits per heavy atom. The van der Waals surface area contributed by atoms with E-state index in [1.165, 1.54) is 5.06 Å². The van der Waals surface area contributed by atoms with Gasteiger partial charge in [0.1, 0.15) is 0 Å². The van der Waals surface area contributed by atoms with E-state index in [9.17, 15) is 5.21 Å². The molecule has 1 aromatic rings. The molecule has 0 radical (unpaired) electrons. The molecule has 0 aliphatic heterocycles. The van der Waals surface area contributed by atoms with Crippen molar-refractivity contribution >= 4 is 5.69 Å². The van der Waals surface area contributed by atoms with E-state index in [0.717, 1.165) is 24.1 Å². The number of rotatable bonds is 4. The van der Waals surface area contributed by atoms with E-state index in [0.29, 0.717) is 12.1 Å². The number of anilines is 1. The molecule has 1 rings (SSSR count). The Morgan fingerprint density at radius 3 is 2.80 bits per heavy atom. The van der Waals surface area contributed by atoms with Gasteiger partial charge >= 0.3 is 0 Å². The second-order valence-corrected chi connectivity index (χ2v) is 3.54. The van der Waals surface area contributed by atoms with Crippen LogP contribution in [-0.4, -0.2) is 11.8 Å². The molecule has 0 aromatic heterocycles. The van der Waals surface area contributed by atoms with Gasteiger partial charge in [-0.05, 0) is 31.0 Å². The first-order valence-corrected chi connectivity index (χ1v) is 5.16. The molecule has 0 unspecified atom stereocenters. The first kappa shape index (κ1) is 11.5. The molecule has 0 saturated heterocycles. The zero-order valence-electron chi connectivity index (χ0n) is 9.20. The summed E-state index contributed by atoms with van der Waals surface area (Å²) in [6, 6.07) is 7.48. The predicted molar refractivity (Wildman–Crippen MR) is 59.9 cm³/mol. The summed E-state index contributed by atoms with van der Waals surface area (Å²) in [5.41, 5.74) is 2.17. The van der Waals surface area contributed by atoms with E-state index >= 15 is 0 Å². The average molecular weight is 204 g/mol. The Bertz CT molecular complexity index is 368. The van der Waals surface area contributed by atoms with Crippen LogP contribution in [0.25, 0.3) is 0 Å². The van der Waals surface area contributed by atoms with Crippen LogP contribution >= 0.6 is 0 Å². The van der Waals surface area contributed by atoms with E-state index in [4.69, 9.17) is 5.26 Å². The molecule has 0 heterocycles. The molecule has 1 N–H and O–H groups in total. The van der Waals surface area contributed by atoms with Crippen LogP contribution in [0, 0.1) is 18.3 Å². The molecule has 0 aliphatic carbocycles. The van der Waals surface area contributed by atoms with Crippen molar-refractivity contribution in [2.75, 3.05) is 11.6 Å². The smallest absolute Gasteiger partial charge is 0.0995 e. The lowest BCUT2D eigenvalue weighted by atomic mass is 10.1. The predicted octanol–water partition coefficient (Wildman–Crippen LogP) is 2.86. The summed E-state index contributed by atoms with van der Waals surface area (Å²) < 4.78 is 0. The highest BCUT2D eigenvalue weighted by molar-refractivity contribution is 5.57. The van der Waals surface area contributed by atoms with Crippen LogP contribution in [-0.2, 0) is 0 Å². The average Bonchev–Trinajstić information content (AvgIpc) is 2.26. The maximum atomic E-state index is 9.78. The van der Waals surface area contributed by atoms with Crippen molar-refractivity contribution in [1.29, 1.82) is 5.26 Å². The highest BCUT2D eigenvalue weighted by atomic mass is 16.5. The number of unbranched alkanes of at least 4 members (excludes halogenated alkanes) is 1. The van der Waals surface area contributed by atoms with Crippen LogP contribution in [0.4, 0.5) is 5.69 Å². The minimum atomic E-state index is 0.603. The zero-order valence-corrected chi connectivity index (χ0v) is 9.20. The Hall–Kier alpha value is -1.53. The second kappa shape index (κ2) is 5.38. The second-order valence-electron chi connectivity index (χ2n) is 3.54. The van der Waals surface area contributed by atoms with Gasteiger partial charge in [-0.2, -0.15) is 5.26 Å². The highest BCUT2D eigenvalue weighted by Crippen LogP contribution is 2.21. The third-order valence-electron chi connectivity index (χ3n) is 2.43. The zero-order chi connectivity index (χ0) is 11.3. The molecule has 0 saturated carbocycles. The van der Waals surface area contributed by atoms with E-state index < -0.39 is 0 Å². The SMILES string of the molecule is CCCCN(O)c1cccc(C#N)c1C. The van der Waals surface area contributed by atoms with Crippen molar-refractivity contribution in [3.05, 3.63) is 29.3 Å². The van der Waals surface area contributed by atoms with Crippen molar-refractivity contribution in [3.8, 4) is 6.07 Å². The summed E-state index contributed by atoms with van der Waals surface area (Å²) in [5, 5.41) is 19.8. The fourth-order valence-corrected chi connectivity index (χ4v) is 1.45. The van der Waals surface area contributed by atoms with Crippen molar-refractivity contribution in [3.63, 3.8) is 0 Å². The highest BCUT2D eigenvalue weighted by Gasteiger charge is 2.08. The summed E-state index contributed by atoms with van der Waals surface area (Å²) in [5.74, 6) is 0. The lowest BCUT2D eigenvalue weighted by Gasteiger charge is -2.19. The number of hydrogen-bond acceptors (Lipinski definition) is 3. The molecule has 0 atom stereocenters. The molecule has 0 aliphatic rings. The number of benzene rings is 1. The van der Waals surface area contributed by atoms with Gasteiger partial charge in [-0.3, -0.25) is 10.3 Å². The van der Waals surface area contributed by atoms with Crippen molar-refractivity contribution < 1.29 is 5.21 Å². The molecule has 1 aromatic carbocycles. The van der Waals surface area contributed by atoms with Crippen molar-refractivity contribution in [2.45, 2.75) is 26.7 Å². The van der Waals surface area contributed by atoms with Gasteiger partial charge < -0.3 is 0 Å². The topological polar surface area (TPSA) is 47.3 Å². The Morgan fingerprint density at radius 1 is 1.47 bits per heavy atom. The third kappa shape index (κ3) is 2.71. The lowest BCUT2D eigenvalue weighted by molar-refractivity contribution is 0.251. The molecular weight excluding hydrogens is 188 g/mol. The van der Waals surface area contributed by atoms with E-state index in [2.05, 4.69) is 13.0 Å². The number of hydrogen-bond donors (Lipinski definition) is 1. The molecular formula is C12H16N2O. The molecule has 0 fully saturated rings. The minimum absolute atomic E-state index is 0.603. The summed E-state index contributed by atoms with van der Waals surface area (Å²) in [6.07, 6.45) is 1.97. The van der Waals surface area contributed by atoms with E-state index in [1.54, 1.807) is 12.1 Å². The molecule has 0 spiro atoms. The van der Waals surface area contributed by atoms with Gasteiger partial charge in [0.2, 0.25) is 0 Å². The monoisotopic (exact) mass is 204 g/mol. The van der Waals surface area contributed by atoms with Crippen LogP contribution in [0.5, 0.6) is 0 Å². The first-order valence-electron chi connectivity index (χ1n) is 5.16. The molecule has 3 heteroatoms. The molecule has 0 amide bonds. The van der Waals surface area contributed by atoms with E-state index in [-0.39, 0.29) is 0 Å². The van der Waals surface area contributed by atoms with E-state index in [1.807, 2.05) is 13.0 Å². The van der Waals surface area contributed by atoms with Crippen LogP contribution in [0.3, 0.4) is 0 Å². The fourth-order valence-electron chi connectivity index (χ4n) is 1.45. The molecule has 80 valence electrons. The Labute approximate surface area is 90.5 Å². The maximum Gasteiger partial charge on any atom is 0.0995 e. The van der Waals surface area contributed by atoms with Crippen LogP contribution in [0.15, 0.2) is 18.2 Å². The van der Waals surface area contributed by atoms with Gasteiger partial charge in [0.05, 0.1) is 17.3 Å². The summed E-state index contributed by atoms with van der Waals surface area (Å²) in [7, 11) is 0. The largest absolute Gasteiger partial charge is 0.288 e. The molecule has 15 heavy (non-hydrogen) atoms. The van der Waals surface area contributed by atoms with Gasteiger partial charge in [-0.1, -0.05) is 19.4 Å². The summed E-state index contributed by atoms with van der Waals surface area (Å²) >= 11 is 0. The minimum Gasteiger partial charge on any atom is -0.288 e. The van der Waals surface area contributed by atoms with Gasteiger partial charge in [0.15, 0.2) is 0 Å². The number of hydroxylamine groups is 1. The third-order valence-corrected chi connectivity index (χ3v) is 2.43. The van der Waals surface area contributed by atoms with Gasteiger partial charge in [-0.25, -0.2) is 0 Å². The van der Waals surface area contributed by atoms with Crippen molar-refractivity contribution in [2.24, 2.45) is 0 Å². The van der Waals surface area contributed by atoms with Gasteiger partial charge in [-0.15, -0.1) is 0 Å². The first-order chi connectivity index (χ1) is 7.20. The lowest BCUT2D eigenvalue weighted by Crippen LogP contribution is -2.20. The Kier molecular flexibility index (Phi) is 4.14. The summed E-state index contributed by atoms with van der Waals surface area (Å²) in [4.78, 5) is 0. The number of nitrogens with zero attached hydrogens (tertiary/aromatic N) is 2.